The highest BCUT2D eigenvalue weighted by Crippen LogP contribution is 2.17. The Balaban J connectivity index is 1.63. The van der Waals surface area contributed by atoms with E-state index in [0.717, 1.165) is 44.1 Å². The normalized spacial score (nSPS) is 14.5. The second-order valence-corrected chi connectivity index (χ2v) is 7.30. The summed E-state index contributed by atoms with van der Waals surface area (Å²) in [6.45, 7) is 10.2. The molecule has 1 aliphatic rings. The highest BCUT2D eigenvalue weighted by atomic mass is 16.1. The van der Waals surface area contributed by atoms with Gasteiger partial charge in [-0.25, -0.2) is 15.0 Å². The quantitative estimate of drug-likeness (QED) is 0.843. The van der Waals surface area contributed by atoms with Crippen molar-refractivity contribution in [2.75, 3.05) is 42.5 Å². The van der Waals surface area contributed by atoms with Crippen LogP contribution in [0.25, 0.3) is 0 Å². The van der Waals surface area contributed by atoms with Gasteiger partial charge in [0.15, 0.2) is 0 Å². The predicted octanol–water partition coefficient (Wildman–Crippen LogP) is 2.28. The molecule has 2 aromatic rings. The fraction of sp³-hybridized carbons (Fsp3) is 0.500. The van der Waals surface area contributed by atoms with Crippen molar-refractivity contribution in [1.29, 1.82) is 0 Å². The molecule has 0 spiro atoms. The molecule has 0 aliphatic carbocycles. The summed E-state index contributed by atoms with van der Waals surface area (Å²) in [5.41, 5.74) is 1.24. The van der Waals surface area contributed by atoms with Gasteiger partial charge in [-0.2, -0.15) is 0 Å². The average molecular weight is 368 g/mol. The molecule has 0 atom stereocenters. The van der Waals surface area contributed by atoms with Crippen LogP contribution in [0.15, 0.2) is 30.5 Å². The zero-order valence-electron chi connectivity index (χ0n) is 16.4. The molecule has 7 heteroatoms. The Labute approximate surface area is 160 Å². The van der Waals surface area contributed by atoms with Gasteiger partial charge in [-0.15, -0.1) is 0 Å². The van der Waals surface area contributed by atoms with Crippen LogP contribution in [0, 0.1) is 12.8 Å². The van der Waals surface area contributed by atoms with Gasteiger partial charge in [0.05, 0.1) is 0 Å². The largest absolute Gasteiger partial charge is 0.353 e. The first-order valence-electron chi connectivity index (χ1n) is 9.58. The zero-order chi connectivity index (χ0) is 19.2. The molecule has 1 saturated heterocycles. The molecule has 27 heavy (non-hydrogen) atoms. The Morgan fingerprint density at radius 2 is 1.89 bits per heavy atom. The number of hydrogen-bond donors (Lipinski definition) is 1. The monoisotopic (exact) mass is 368 g/mol. The van der Waals surface area contributed by atoms with E-state index in [-0.39, 0.29) is 5.91 Å². The molecule has 2 aromatic heterocycles. The lowest BCUT2D eigenvalue weighted by Crippen LogP contribution is -2.47. The number of anilines is 2. The summed E-state index contributed by atoms with van der Waals surface area (Å²) in [6, 6.07) is 7.70. The fourth-order valence-corrected chi connectivity index (χ4v) is 3.05. The Kier molecular flexibility index (Phi) is 6.21. The van der Waals surface area contributed by atoms with Crippen LogP contribution in [-0.2, 0) is 0 Å². The summed E-state index contributed by atoms with van der Waals surface area (Å²) in [5.74, 6) is 2.05. The number of amides is 1. The summed E-state index contributed by atoms with van der Waals surface area (Å²) in [4.78, 5) is 30.3. The SMILES string of the molecule is Cc1cc(C(=O)NCCC(C)C)nc(N2CCN(c3ccccn3)CC2)n1. The molecule has 3 rings (SSSR count). The summed E-state index contributed by atoms with van der Waals surface area (Å²) < 4.78 is 0. The summed E-state index contributed by atoms with van der Waals surface area (Å²) in [5, 5.41) is 2.95. The third-order valence-electron chi connectivity index (χ3n) is 4.62. The van der Waals surface area contributed by atoms with Gasteiger partial charge in [0.25, 0.3) is 5.91 Å². The van der Waals surface area contributed by atoms with Crippen LogP contribution in [0.5, 0.6) is 0 Å². The second kappa shape index (κ2) is 8.79. The summed E-state index contributed by atoms with van der Waals surface area (Å²) in [6.07, 6.45) is 2.77. The number of pyridine rings is 1. The molecule has 7 nitrogen and oxygen atoms in total. The molecule has 0 aromatic carbocycles. The third kappa shape index (κ3) is 5.15. The van der Waals surface area contributed by atoms with E-state index in [9.17, 15) is 4.79 Å². The first-order valence-corrected chi connectivity index (χ1v) is 9.58. The van der Waals surface area contributed by atoms with Crippen LogP contribution in [0.3, 0.4) is 0 Å². The molecule has 1 fully saturated rings. The van der Waals surface area contributed by atoms with Crippen LogP contribution in [0.1, 0.15) is 36.5 Å². The smallest absolute Gasteiger partial charge is 0.270 e. The number of nitrogens with zero attached hydrogens (tertiary/aromatic N) is 5. The van der Waals surface area contributed by atoms with E-state index in [4.69, 9.17) is 0 Å². The molecule has 144 valence electrons. The fourth-order valence-electron chi connectivity index (χ4n) is 3.05. The lowest BCUT2D eigenvalue weighted by molar-refractivity contribution is 0.0947. The van der Waals surface area contributed by atoms with Crippen LogP contribution in [0.2, 0.25) is 0 Å². The van der Waals surface area contributed by atoms with Crippen LogP contribution >= 0.6 is 0 Å². The lowest BCUT2D eigenvalue weighted by atomic mass is 10.1. The number of aromatic nitrogens is 3. The van der Waals surface area contributed by atoms with Gasteiger partial charge in [-0.3, -0.25) is 4.79 Å². The standard InChI is InChI=1S/C20H28N6O/c1-15(2)7-9-22-19(27)17-14-16(3)23-20(24-17)26-12-10-25(11-13-26)18-6-4-5-8-21-18/h4-6,8,14-15H,7,9-13H2,1-3H3,(H,22,27). The number of rotatable bonds is 6. The summed E-state index contributed by atoms with van der Waals surface area (Å²) in [7, 11) is 0. The minimum atomic E-state index is -0.130. The number of aryl methyl sites for hydroxylation is 1. The Bertz CT molecular complexity index is 756. The lowest BCUT2D eigenvalue weighted by Gasteiger charge is -2.35. The summed E-state index contributed by atoms with van der Waals surface area (Å²) >= 11 is 0. The van der Waals surface area contributed by atoms with E-state index in [0.29, 0.717) is 24.1 Å². The van der Waals surface area contributed by atoms with Crippen molar-refractivity contribution < 1.29 is 4.79 Å². The Morgan fingerprint density at radius 3 is 2.56 bits per heavy atom. The van der Waals surface area contributed by atoms with Gasteiger partial charge >= 0.3 is 0 Å². The predicted molar refractivity (Wildman–Crippen MR) is 107 cm³/mol. The number of hydrogen-bond acceptors (Lipinski definition) is 6. The van der Waals surface area contributed by atoms with E-state index in [1.54, 1.807) is 6.07 Å². The van der Waals surface area contributed by atoms with Crippen molar-refractivity contribution in [3.63, 3.8) is 0 Å². The highest BCUT2D eigenvalue weighted by Gasteiger charge is 2.21. The zero-order valence-corrected chi connectivity index (χ0v) is 16.4. The van der Waals surface area contributed by atoms with Crippen LogP contribution in [-0.4, -0.2) is 53.6 Å². The number of piperazine rings is 1. The topological polar surface area (TPSA) is 74.2 Å². The van der Waals surface area contributed by atoms with Crippen molar-refractivity contribution in [3.05, 3.63) is 41.9 Å². The van der Waals surface area contributed by atoms with Crippen molar-refractivity contribution in [1.82, 2.24) is 20.3 Å². The molecule has 0 saturated carbocycles. The minimum Gasteiger partial charge on any atom is -0.353 e. The molecular formula is C20H28N6O. The van der Waals surface area contributed by atoms with Gasteiger partial charge < -0.3 is 15.1 Å². The molecule has 1 N–H and O–H groups in total. The molecule has 1 aliphatic heterocycles. The van der Waals surface area contributed by atoms with E-state index >= 15 is 0 Å². The average Bonchev–Trinajstić information content (AvgIpc) is 2.68. The number of carbonyl (C=O) groups excluding carboxylic acids is 1. The maximum atomic E-state index is 12.4. The number of nitrogens with one attached hydrogen (secondary N) is 1. The molecule has 0 radical (unpaired) electrons. The molecule has 3 heterocycles. The van der Waals surface area contributed by atoms with E-state index in [1.165, 1.54) is 0 Å². The van der Waals surface area contributed by atoms with Gasteiger partial charge in [-0.1, -0.05) is 19.9 Å². The van der Waals surface area contributed by atoms with Crippen molar-refractivity contribution in [2.24, 2.45) is 5.92 Å². The highest BCUT2D eigenvalue weighted by molar-refractivity contribution is 5.92. The van der Waals surface area contributed by atoms with E-state index < -0.39 is 0 Å². The first-order chi connectivity index (χ1) is 13.0. The van der Waals surface area contributed by atoms with Gasteiger partial charge in [0.2, 0.25) is 5.95 Å². The van der Waals surface area contributed by atoms with Crippen molar-refractivity contribution >= 4 is 17.7 Å². The van der Waals surface area contributed by atoms with Gasteiger partial charge in [0.1, 0.15) is 11.5 Å². The van der Waals surface area contributed by atoms with E-state index in [1.807, 2.05) is 31.3 Å². The molecular weight excluding hydrogens is 340 g/mol. The van der Waals surface area contributed by atoms with Crippen molar-refractivity contribution in [3.8, 4) is 0 Å². The minimum absolute atomic E-state index is 0.130. The van der Waals surface area contributed by atoms with Gasteiger partial charge in [-0.05, 0) is 37.5 Å². The maximum Gasteiger partial charge on any atom is 0.270 e. The Morgan fingerprint density at radius 1 is 1.15 bits per heavy atom. The van der Waals surface area contributed by atoms with E-state index in [2.05, 4.69) is 43.9 Å². The molecule has 0 bridgehead atoms. The first kappa shape index (κ1) is 19.1. The third-order valence-corrected chi connectivity index (χ3v) is 4.62. The number of carbonyl (C=O) groups is 1. The molecule has 1 amide bonds. The molecule has 0 unspecified atom stereocenters. The second-order valence-electron chi connectivity index (χ2n) is 7.30. The van der Waals surface area contributed by atoms with Crippen molar-refractivity contribution in [2.45, 2.75) is 27.2 Å². The van der Waals surface area contributed by atoms with Gasteiger partial charge in [0, 0.05) is 44.6 Å². The van der Waals surface area contributed by atoms with Crippen LogP contribution in [0.4, 0.5) is 11.8 Å². The van der Waals surface area contributed by atoms with Crippen LogP contribution < -0.4 is 15.1 Å². The Hall–Kier alpha value is -2.70. The maximum absolute atomic E-state index is 12.4.